The van der Waals surface area contributed by atoms with Gasteiger partial charge in [0, 0.05) is 10.9 Å². The van der Waals surface area contributed by atoms with Crippen LogP contribution in [0.25, 0.3) is 22.3 Å². The summed E-state index contributed by atoms with van der Waals surface area (Å²) in [4.78, 5) is 9.06. The van der Waals surface area contributed by atoms with E-state index < -0.39 is 0 Å². The summed E-state index contributed by atoms with van der Waals surface area (Å²) in [5.74, 6) is 1.22. The highest BCUT2D eigenvalue weighted by molar-refractivity contribution is 5.89. The van der Waals surface area contributed by atoms with Gasteiger partial charge in [-0.2, -0.15) is 0 Å². The highest BCUT2D eigenvalue weighted by Gasteiger charge is 2.09. The quantitative estimate of drug-likeness (QED) is 0.718. The minimum atomic E-state index is 0.529. The minimum Gasteiger partial charge on any atom is -0.383 e. The third-order valence-electron chi connectivity index (χ3n) is 3.48. The van der Waals surface area contributed by atoms with Gasteiger partial charge in [0.15, 0.2) is 5.82 Å². The van der Waals surface area contributed by atoms with Crippen LogP contribution in [-0.2, 0) is 0 Å². The highest BCUT2D eigenvalue weighted by Crippen LogP contribution is 2.26. The lowest BCUT2D eigenvalue weighted by Gasteiger charge is -2.09. The third kappa shape index (κ3) is 1.93. The normalized spacial score (nSPS) is 10.8. The minimum absolute atomic E-state index is 0.529. The van der Waals surface area contributed by atoms with Gasteiger partial charge in [0.2, 0.25) is 0 Å². The van der Waals surface area contributed by atoms with Crippen molar-refractivity contribution in [1.29, 1.82) is 0 Å². The van der Waals surface area contributed by atoms with Crippen LogP contribution in [0.5, 0.6) is 0 Å². The Balaban J connectivity index is 2.29. The van der Waals surface area contributed by atoms with E-state index in [4.69, 9.17) is 5.73 Å². The van der Waals surface area contributed by atoms with Crippen LogP contribution in [0.2, 0.25) is 0 Å². The summed E-state index contributed by atoms with van der Waals surface area (Å²) in [6, 6.07) is 13.9. The first kappa shape index (κ1) is 11.7. The third-order valence-corrected chi connectivity index (χ3v) is 3.48. The van der Waals surface area contributed by atoms with Gasteiger partial charge in [0.1, 0.15) is 5.82 Å². The van der Waals surface area contributed by atoms with E-state index in [0.717, 1.165) is 16.5 Å². The predicted octanol–water partition coefficient (Wildman–Crippen LogP) is 3.50. The summed E-state index contributed by atoms with van der Waals surface area (Å²) in [6.07, 6.45) is 0. The fourth-order valence-corrected chi connectivity index (χ4v) is 2.21. The second-order valence-corrected chi connectivity index (χ2v) is 4.70. The lowest BCUT2D eigenvalue weighted by Crippen LogP contribution is -1.99. The molecule has 3 heteroatoms. The summed E-state index contributed by atoms with van der Waals surface area (Å²) in [5, 5.41) is 0.900. The Kier molecular flexibility index (Phi) is 2.67. The molecule has 1 heterocycles. The van der Waals surface area contributed by atoms with Crippen molar-refractivity contribution >= 4 is 16.7 Å². The number of nitrogen functional groups attached to an aromatic ring is 1. The fourth-order valence-electron chi connectivity index (χ4n) is 2.21. The van der Waals surface area contributed by atoms with Crippen LogP contribution in [0.3, 0.4) is 0 Å². The van der Waals surface area contributed by atoms with Gasteiger partial charge in [-0.05, 0) is 37.1 Å². The number of hydrogen-bond acceptors (Lipinski definition) is 3. The van der Waals surface area contributed by atoms with Gasteiger partial charge >= 0.3 is 0 Å². The number of aryl methyl sites for hydroxylation is 1. The van der Waals surface area contributed by atoms with Crippen molar-refractivity contribution < 1.29 is 0 Å². The molecule has 0 aliphatic carbocycles. The van der Waals surface area contributed by atoms with Crippen LogP contribution in [0.1, 0.15) is 11.1 Å². The number of fused-ring (bicyclic) bond motifs is 1. The summed E-state index contributed by atoms with van der Waals surface area (Å²) >= 11 is 0. The number of para-hydroxylation sites is 1. The van der Waals surface area contributed by atoms with Crippen molar-refractivity contribution in [3.63, 3.8) is 0 Å². The zero-order valence-electron chi connectivity index (χ0n) is 11.0. The van der Waals surface area contributed by atoms with E-state index >= 15 is 0 Å². The first-order valence-corrected chi connectivity index (χ1v) is 6.25. The van der Waals surface area contributed by atoms with Crippen LogP contribution < -0.4 is 5.73 Å². The van der Waals surface area contributed by atoms with E-state index in [2.05, 4.69) is 29.9 Å². The van der Waals surface area contributed by atoms with Crippen molar-refractivity contribution in [2.75, 3.05) is 5.73 Å². The average molecular weight is 249 g/mol. The molecular weight excluding hydrogens is 234 g/mol. The van der Waals surface area contributed by atoms with Gasteiger partial charge in [-0.1, -0.05) is 30.3 Å². The summed E-state index contributed by atoms with van der Waals surface area (Å²) in [5.41, 5.74) is 10.4. The Morgan fingerprint density at radius 3 is 2.53 bits per heavy atom. The molecule has 0 unspecified atom stereocenters. The summed E-state index contributed by atoms with van der Waals surface area (Å²) in [6.45, 7) is 4.17. The van der Waals surface area contributed by atoms with Crippen molar-refractivity contribution in [3.05, 3.63) is 53.6 Å². The number of aromatic nitrogens is 2. The van der Waals surface area contributed by atoms with Gasteiger partial charge in [0.25, 0.3) is 0 Å². The molecule has 0 aliphatic heterocycles. The zero-order valence-corrected chi connectivity index (χ0v) is 11.0. The molecule has 0 fully saturated rings. The maximum Gasteiger partial charge on any atom is 0.162 e. The maximum absolute atomic E-state index is 6.03. The molecule has 2 aromatic carbocycles. The Labute approximate surface area is 112 Å². The van der Waals surface area contributed by atoms with E-state index in [-0.39, 0.29) is 0 Å². The Morgan fingerprint density at radius 2 is 1.68 bits per heavy atom. The number of anilines is 1. The van der Waals surface area contributed by atoms with Gasteiger partial charge in [0.05, 0.1) is 5.52 Å². The largest absolute Gasteiger partial charge is 0.383 e. The molecule has 0 saturated carbocycles. The van der Waals surface area contributed by atoms with E-state index in [0.29, 0.717) is 11.6 Å². The van der Waals surface area contributed by atoms with Gasteiger partial charge in [-0.15, -0.1) is 0 Å². The molecule has 94 valence electrons. The van der Waals surface area contributed by atoms with Gasteiger partial charge < -0.3 is 5.73 Å². The van der Waals surface area contributed by atoms with Crippen LogP contribution in [0, 0.1) is 13.8 Å². The lowest BCUT2D eigenvalue weighted by atomic mass is 10.0. The Bertz CT molecular complexity index is 763. The molecule has 0 aliphatic rings. The molecule has 0 radical (unpaired) electrons. The number of rotatable bonds is 1. The molecule has 3 rings (SSSR count). The van der Waals surface area contributed by atoms with E-state index in [9.17, 15) is 0 Å². The summed E-state index contributed by atoms with van der Waals surface area (Å²) in [7, 11) is 0. The summed E-state index contributed by atoms with van der Waals surface area (Å²) < 4.78 is 0. The Hall–Kier alpha value is -2.42. The first-order valence-electron chi connectivity index (χ1n) is 6.25. The van der Waals surface area contributed by atoms with E-state index in [1.807, 2.05) is 36.4 Å². The lowest BCUT2D eigenvalue weighted by molar-refractivity contribution is 1.21. The second kappa shape index (κ2) is 4.35. The van der Waals surface area contributed by atoms with Crippen LogP contribution in [0.15, 0.2) is 42.5 Å². The van der Waals surface area contributed by atoms with E-state index in [1.165, 1.54) is 11.1 Å². The van der Waals surface area contributed by atoms with Gasteiger partial charge in [-0.3, -0.25) is 0 Å². The molecule has 19 heavy (non-hydrogen) atoms. The van der Waals surface area contributed by atoms with Crippen molar-refractivity contribution in [2.45, 2.75) is 13.8 Å². The second-order valence-electron chi connectivity index (χ2n) is 4.70. The molecule has 0 atom stereocenters. The van der Waals surface area contributed by atoms with Gasteiger partial charge in [-0.25, -0.2) is 9.97 Å². The maximum atomic E-state index is 6.03. The monoisotopic (exact) mass is 249 g/mol. The van der Waals surface area contributed by atoms with E-state index in [1.54, 1.807) is 0 Å². The molecule has 0 bridgehead atoms. The molecule has 1 aromatic heterocycles. The fraction of sp³-hybridized carbons (Fsp3) is 0.125. The Morgan fingerprint density at radius 1 is 0.895 bits per heavy atom. The first-order chi connectivity index (χ1) is 9.16. The smallest absolute Gasteiger partial charge is 0.162 e. The SMILES string of the molecule is Cc1cccc(-c2nc(N)c3ccccc3n2)c1C. The number of hydrogen-bond donors (Lipinski definition) is 1. The zero-order chi connectivity index (χ0) is 13.4. The van der Waals surface area contributed by atoms with Crippen molar-refractivity contribution in [3.8, 4) is 11.4 Å². The predicted molar refractivity (Wildman–Crippen MR) is 78.9 cm³/mol. The standard InChI is InChI=1S/C16H15N3/c1-10-6-5-8-12(11(10)2)16-18-14-9-4-3-7-13(14)15(17)19-16/h3-9H,1-2H3,(H2,17,18,19). The molecule has 0 saturated heterocycles. The molecule has 3 aromatic rings. The van der Waals surface area contributed by atoms with Crippen molar-refractivity contribution in [2.24, 2.45) is 0 Å². The van der Waals surface area contributed by atoms with Crippen LogP contribution >= 0.6 is 0 Å². The topological polar surface area (TPSA) is 51.8 Å². The highest BCUT2D eigenvalue weighted by atomic mass is 14.9. The van der Waals surface area contributed by atoms with Crippen LogP contribution in [0.4, 0.5) is 5.82 Å². The number of benzene rings is 2. The molecular formula is C16H15N3. The number of nitrogens with two attached hydrogens (primary N) is 1. The number of nitrogens with zero attached hydrogens (tertiary/aromatic N) is 2. The molecule has 0 amide bonds. The average Bonchev–Trinajstić information content (AvgIpc) is 2.42. The van der Waals surface area contributed by atoms with Crippen molar-refractivity contribution in [1.82, 2.24) is 9.97 Å². The molecule has 2 N–H and O–H groups in total. The molecule has 0 spiro atoms. The van der Waals surface area contributed by atoms with Crippen LogP contribution in [-0.4, -0.2) is 9.97 Å². The molecule has 3 nitrogen and oxygen atoms in total.